The van der Waals surface area contributed by atoms with Crippen LogP contribution in [0.2, 0.25) is 5.02 Å². The van der Waals surface area contributed by atoms with Gasteiger partial charge in [0.1, 0.15) is 5.75 Å². The predicted molar refractivity (Wildman–Crippen MR) is 66.1 cm³/mol. The number of rotatable bonds is 3. The highest BCUT2D eigenvalue weighted by Crippen LogP contribution is 2.27. The van der Waals surface area contributed by atoms with Gasteiger partial charge < -0.3 is 10.2 Å². The van der Waals surface area contributed by atoms with Crippen LogP contribution in [0.25, 0.3) is 0 Å². The molecular weight excluding hydrogens is 244 g/mol. The van der Waals surface area contributed by atoms with E-state index in [0.717, 1.165) is 10.4 Å². The lowest BCUT2D eigenvalue weighted by Crippen LogP contribution is -1.99. The van der Waals surface area contributed by atoms with Crippen LogP contribution in [0.3, 0.4) is 0 Å². The third-order valence-corrected chi connectivity index (χ3v) is 3.66. The second-order valence-electron chi connectivity index (χ2n) is 3.55. The fourth-order valence-corrected chi connectivity index (χ4v) is 2.53. The molecule has 16 heavy (non-hydrogen) atoms. The van der Waals surface area contributed by atoms with E-state index in [4.69, 9.17) is 16.7 Å². The minimum absolute atomic E-state index is 0.234. The largest absolute Gasteiger partial charge is 0.508 e. The molecule has 2 aromatic rings. The van der Waals surface area contributed by atoms with Gasteiger partial charge >= 0.3 is 0 Å². The van der Waals surface area contributed by atoms with Crippen molar-refractivity contribution in [3.05, 3.63) is 51.2 Å². The maximum Gasteiger partial charge on any atom is 0.115 e. The summed E-state index contributed by atoms with van der Waals surface area (Å²) in [6.45, 7) is 0. The van der Waals surface area contributed by atoms with Gasteiger partial charge in [0.15, 0.2) is 0 Å². The number of hydrogen-bond acceptors (Lipinski definition) is 3. The number of benzene rings is 1. The number of thiophene rings is 1. The Morgan fingerprint density at radius 3 is 2.50 bits per heavy atom. The highest BCUT2D eigenvalue weighted by molar-refractivity contribution is 7.10. The zero-order chi connectivity index (χ0) is 11.5. The molecule has 1 aromatic carbocycles. The van der Waals surface area contributed by atoms with Crippen molar-refractivity contribution < 1.29 is 10.2 Å². The Morgan fingerprint density at radius 2 is 1.94 bits per heavy atom. The van der Waals surface area contributed by atoms with Gasteiger partial charge in [-0.25, -0.2) is 0 Å². The van der Waals surface area contributed by atoms with E-state index in [1.54, 1.807) is 35.7 Å². The standard InChI is InChI=1S/C12H11ClO2S/c13-9-6-12(16-7-9)11(15)5-8-1-3-10(14)4-2-8/h1-4,6-7,11,14-15H,5H2. The summed E-state index contributed by atoms with van der Waals surface area (Å²) >= 11 is 7.24. The molecule has 2 N–H and O–H groups in total. The molecule has 4 heteroatoms. The van der Waals surface area contributed by atoms with Crippen molar-refractivity contribution in [3.63, 3.8) is 0 Å². The first-order valence-electron chi connectivity index (χ1n) is 4.85. The van der Waals surface area contributed by atoms with Gasteiger partial charge in [0.2, 0.25) is 0 Å². The normalized spacial score (nSPS) is 12.6. The SMILES string of the molecule is Oc1ccc(CC(O)c2cc(Cl)cs2)cc1. The number of phenols is 1. The van der Waals surface area contributed by atoms with Crippen LogP contribution in [0.15, 0.2) is 35.7 Å². The van der Waals surface area contributed by atoms with E-state index in [1.165, 1.54) is 11.3 Å². The Hall–Kier alpha value is -1.03. The molecule has 0 aliphatic rings. The fraction of sp³-hybridized carbons (Fsp3) is 0.167. The molecule has 84 valence electrons. The van der Waals surface area contributed by atoms with Crippen molar-refractivity contribution in [2.45, 2.75) is 12.5 Å². The van der Waals surface area contributed by atoms with Crippen LogP contribution < -0.4 is 0 Å². The molecule has 1 atom stereocenters. The van der Waals surface area contributed by atoms with Gasteiger partial charge in [-0.2, -0.15) is 0 Å². The number of aromatic hydroxyl groups is 1. The number of phenolic OH excluding ortho intramolecular Hbond substituents is 1. The second-order valence-corrected chi connectivity index (χ2v) is 4.93. The lowest BCUT2D eigenvalue weighted by atomic mass is 10.1. The molecule has 2 nitrogen and oxygen atoms in total. The van der Waals surface area contributed by atoms with Crippen LogP contribution in [0.5, 0.6) is 5.75 Å². The summed E-state index contributed by atoms with van der Waals surface area (Å²) in [5, 5.41) is 21.5. The number of aliphatic hydroxyl groups is 1. The number of aliphatic hydroxyl groups excluding tert-OH is 1. The molecule has 0 aliphatic carbocycles. The molecule has 0 spiro atoms. The molecule has 1 aromatic heterocycles. The first kappa shape index (κ1) is 11.5. The topological polar surface area (TPSA) is 40.5 Å². The van der Waals surface area contributed by atoms with Crippen LogP contribution in [0.1, 0.15) is 16.5 Å². The van der Waals surface area contributed by atoms with E-state index in [9.17, 15) is 5.11 Å². The molecule has 0 saturated carbocycles. The van der Waals surface area contributed by atoms with Crippen LogP contribution in [0.4, 0.5) is 0 Å². The van der Waals surface area contributed by atoms with Crippen LogP contribution in [-0.4, -0.2) is 10.2 Å². The van der Waals surface area contributed by atoms with Crippen molar-refractivity contribution >= 4 is 22.9 Å². The lowest BCUT2D eigenvalue weighted by molar-refractivity contribution is 0.182. The van der Waals surface area contributed by atoms with Crippen molar-refractivity contribution in [2.24, 2.45) is 0 Å². The van der Waals surface area contributed by atoms with Gasteiger partial charge in [0.25, 0.3) is 0 Å². The summed E-state index contributed by atoms with van der Waals surface area (Å²) in [6.07, 6.45) is -0.0149. The van der Waals surface area contributed by atoms with E-state index >= 15 is 0 Å². The average Bonchev–Trinajstić information content (AvgIpc) is 2.68. The minimum atomic E-state index is -0.540. The van der Waals surface area contributed by atoms with Gasteiger partial charge in [0, 0.05) is 16.7 Å². The van der Waals surface area contributed by atoms with Crippen molar-refractivity contribution in [1.82, 2.24) is 0 Å². The van der Waals surface area contributed by atoms with Crippen LogP contribution >= 0.6 is 22.9 Å². The first-order chi connectivity index (χ1) is 7.65. The van der Waals surface area contributed by atoms with Crippen molar-refractivity contribution in [2.75, 3.05) is 0 Å². The summed E-state index contributed by atoms with van der Waals surface area (Å²) in [5.74, 6) is 0.234. The first-order valence-corrected chi connectivity index (χ1v) is 6.11. The Balaban J connectivity index is 2.07. The highest BCUT2D eigenvalue weighted by atomic mass is 35.5. The maximum atomic E-state index is 9.95. The summed E-state index contributed by atoms with van der Waals surface area (Å²) < 4.78 is 0. The third-order valence-electron chi connectivity index (χ3n) is 2.28. The van der Waals surface area contributed by atoms with E-state index in [0.29, 0.717) is 11.4 Å². The molecule has 0 radical (unpaired) electrons. The van der Waals surface area contributed by atoms with Gasteiger partial charge in [-0.3, -0.25) is 0 Å². The average molecular weight is 255 g/mol. The van der Waals surface area contributed by atoms with Crippen molar-refractivity contribution in [1.29, 1.82) is 0 Å². The fourth-order valence-electron chi connectivity index (χ4n) is 1.46. The Kier molecular flexibility index (Phi) is 3.49. The maximum absolute atomic E-state index is 9.95. The zero-order valence-corrected chi connectivity index (χ0v) is 10.0. The molecule has 0 aliphatic heterocycles. The lowest BCUT2D eigenvalue weighted by Gasteiger charge is -2.08. The number of hydrogen-bond donors (Lipinski definition) is 2. The quantitative estimate of drug-likeness (QED) is 0.882. The molecule has 0 fully saturated rings. The Labute approximate surface area is 103 Å². The molecule has 1 heterocycles. The smallest absolute Gasteiger partial charge is 0.115 e. The molecule has 0 saturated heterocycles. The Morgan fingerprint density at radius 1 is 1.25 bits per heavy atom. The second kappa shape index (κ2) is 4.87. The summed E-state index contributed by atoms with van der Waals surface area (Å²) in [6, 6.07) is 8.60. The molecule has 1 unspecified atom stereocenters. The minimum Gasteiger partial charge on any atom is -0.508 e. The molecule has 0 amide bonds. The zero-order valence-electron chi connectivity index (χ0n) is 8.43. The van der Waals surface area contributed by atoms with E-state index in [-0.39, 0.29) is 5.75 Å². The molecule has 0 bridgehead atoms. The molecular formula is C12H11ClO2S. The predicted octanol–water partition coefficient (Wildman–Crippen LogP) is 3.38. The van der Waals surface area contributed by atoms with Crippen LogP contribution in [0, 0.1) is 0 Å². The van der Waals surface area contributed by atoms with Gasteiger partial charge in [0.05, 0.1) is 11.1 Å². The van der Waals surface area contributed by atoms with Crippen molar-refractivity contribution in [3.8, 4) is 5.75 Å². The van der Waals surface area contributed by atoms with Gasteiger partial charge in [-0.1, -0.05) is 23.7 Å². The van der Waals surface area contributed by atoms with E-state index in [2.05, 4.69) is 0 Å². The monoisotopic (exact) mass is 254 g/mol. The summed E-state index contributed by atoms with van der Waals surface area (Å²) in [7, 11) is 0. The van der Waals surface area contributed by atoms with Gasteiger partial charge in [-0.05, 0) is 23.8 Å². The highest BCUT2D eigenvalue weighted by Gasteiger charge is 2.10. The number of halogens is 1. The molecule has 2 rings (SSSR count). The summed E-state index contributed by atoms with van der Waals surface area (Å²) in [4.78, 5) is 0.859. The van der Waals surface area contributed by atoms with Gasteiger partial charge in [-0.15, -0.1) is 11.3 Å². The van der Waals surface area contributed by atoms with E-state index in [1.807, 2.05) is 0 Å². The van der Waals surface area contributed by atoms with E-state index < -0.39 is 6.10 Å². The van der Waals surface area contributed by atoms with Crippen LogP contribution in [-0.2, 0) is 6.42 Å². The Bertz CT molecular complexity index is 464. The third kappa shape index (κ3) is 2.76. The summed E-state index contributed by atoms with van der Waals surface area (Å²) in [5.41, 5.74) is 0.981.